The molecule has 144 valence electrons. The molecule has 28 heavy (non-hydrogen) atoms. The van der Waals surface area contributed by atoms with Crippen molar-refractivity contribution in [2.45, 2.75) is 26.8 Å². The number of urea groups is 1. The monoisotopic (exact) mass is 377 g/mol. The molecular weight excluding hydrogens is 354 g/mol. The highest BCUT2D eigenvalue weighted by Crippen LogP contribution is 2.17. The Balaban J connectivity index is 1.67. The van der Waals surface area contributed by atoms with E-state index in [-0.39, 0.29) is 18.0 Å². The highest BCUT2D eigenvalue weighted by Gasteiger charge is 2.15. The standard InChI is InChI=1S/C21H23N5O2/c1-14(2)23-21(28)25-17-11-9-16(10-12-17)24-20(27)19-13-22-26(15(19)3)18-7-5-4-6-8-18/h4-14H,1-3H3,(H,24,27)(H2,23,25,28). The summed E-state index contributed by atoms with van der Waals surface area (Å²) < 4.78 is 1.73. The SMILES string of the molecule is Cc1c(C(=O)Nc2ccc(NC(=O)NC(C)C)cc2)cnn1-c1ccccc1. The Morgan fingerprint density at radius 1 is 0.929 bits per heavy atom. The molecule has 3 rings (SSSR count). The Labute approximate surface area is 163 Å². The molecule has 0 unspecified atom stereocenters. The van der Waals surface area contributed by atoms with Gasteiger partial charge in [0.1, 0.15) is 0 Å². The fraction of sp³-hybridized carbons (Fsp3) is 0.190. The first-order valence-electron chi connectivity index (χ1n) is 9.03. The summed E-state index contributed by atoms with van der Waals surface area (Å²) in [5.41, 5.74) is 3.43. The summed E-state index contributed by atoms with van der Waals surface area (Å²) in [4.78, 5) is 24.3. The molecule has 0 aliphatic rings. The van der Waals surface area contributed by atoms with E-state index in [2.05, 4.69) is 21.0 Å². The van der Waals surface area contributed by atoms with Gasteiger partial charge in [0.2, 0.25) is 0 Å². The molecule has 0 bridgehead atoms. The van der Waals surface area contributed by atoms with Gasteiger partial charge in [0.05, 0.1) is 23.1 Å². The number of benzene rings is 2. The molecule has 1 aromatic heterocycles. The smallest absolute Gasteiger partial charge is 0.319 e. The van der Waals surface area contributed by atoms with Crippen LogP contribution >= 0.6 is 0 Å². The molecule has 3 N–H and O–H groups in total. The molecule has 7 heteroatoms. The molecule has 0 aliphatic heterocycles. The fourth-order valence-corrected chi connectivity index (χ4v) is 2.73. The Morgan fingerprint density at radius 3 is 2.14 bits per heavy atom. The molecule has 0 saturated heterocycles. The van der Waals surface area contributed by atoms with Gasteiger partial charge >= 0.3 is 6.03 Å². The number of nitrogens with zero attached hydrogens (tertiary/aromatic N) is 2. The van der Waals surface area contributed by atoms with Crippen molar-refractivity contribution in [3.8, 4) is 5.69 Å². The van der Waals surface area contributed by atoms with Gasteiger partial charge in [-0.3, -0.25) is 4.79 Å². The maximum atomic E-state index is 12.6. The van der Waals surface area contributed by atoms with Crippen molar-refractivity contribution in [1.82, 2.24) is 15.1 Å². The van der Waals surface area contributed by atoms with Gasteiger partial charge in [-0.25, -0.2) is 9.48 Å². The largest absolute Gasteiger partial charge is 0.336 e. The summed E-state index contributed by atoms with van der Waals surface area (Å²) in [5.74, 6) is -0.238. The zero-order valence-electron chi connectivity index (χ0n) is 16.1. The Kier molecular flexibility index (Phi) is 5.74. The molecule has 0 saturated carbocycles. The molecule has 0 fully saturated rings. The summed E-state index contributed by atoms with van der Waals surface area (Å²) in [6.07, 6.45) is 1.56. The Bertz CT molecular complexity index is 962. The molecule has 0 aliphatic carbocycles. The van der Waals surface area contributed by atoms with Crippen LogP contribution in [0.15, 0.2) is 60.8 Å². The van der Waals surface area contributed by atoms with Crippen molar-refractivity contribution < 1.29 is 9.59 Å². The lowest BCUT2D eigenvalue weighted by molar-refractivity contribution is 0.102. The molecule has 7 nitrogen and oxygen atoms in total. The second-order valence-electron chi connectivity index (χ2n) is 6.68. The summed E-state index contributed by atoms with van der Waals surface area (Å²) in [6.45, 7) is 5.63. The third kappa shape index (κ3) is 4.56. The van der Waals surface area contributed by atoms with E-state index < -0.39 is 0 Å². The van der Waals surface area contributed by atoms with Crippen LogP contribution in [-0.4, -0.2) is 27.8 Å². The first-order valence-corrected chi connectivity index (χ1v) is 9.03. The van der Waals surface area contributed by atoms with E-state index in [9.17, 15) is 9.59 Å². The number of nitrogens with one attached hydrogen (secondary N) is 3. The highest BCUT2D eigenvalue weighted by molar-refractivity contribution is 6.05. The van der Waals surface area contributed by atoms with Gasteiger partial charge in [-0.1, -0.05) is 18.2 Å². The Hall–Kier alpha value is -3.61. The second-order valence-corrected chi connectivity index (χ2v) is 6.68. The van der Waals surface area contributed by atoms with E-state index in [1.807, 2.05) is 51.1 Å². The second kappa shape index (κ2) is 8.39. The molecular formula is C21H23N5O2. The quantitative estimate of drug-likeness (QED) is 0.629. The molecule has 3 aromatic rings. The van der Waals surface area contributed by atoms with Gasteiger partial charge in [0.15, 0.2) is 0 Å². The summed E-state index contributed by atoms with van der Waals surface area (Å²) in [6, 6.07) is 16.4. The van der Waals surface area contributed by atoms with Gasteiger partial charge in [0, 0.05) is 17.4 Å². The lowest BCUT2D eigenvalue weighted by Gasteiger charge is -2.11. The Morgan fingerprint density at radius 2 is 1.54 bits per heavy atom. The predicted molar refractivity (Wildman–Crippen MR) is 110 cm³/mol. The van der Waals surface area contributed by atoms with Crippen LogP contribution in [0.4, 0.5) is 16.2 Å². The number of carbonyl (C=O) groups excluding carboxylic acids is 2. The van der Waals surface area contributed by atoms with Crippen LogP contribution in [0.1, 0.15) is 29.9 Å². The maximum Gasteiger partial charge on any atom is 0.319 e. The minimum Gasteiger partial charge on any atom is -0.336 e. The maximum absolute atomic E-state index is 12.6. The summed E-state index contributed by atoms with van der Waals surface area (Å²) in [7, 11) is 0. The molecule has 0 radical (unpaired) electrons. The van der Waals surface area contributed by atoms with Gasteiger partial charge in [-0.2, -0.15) is 5.10 Å². The first kappa shape index (κ1) is 19.2. The minimum atomic E-state index is -0.268. The van der Waals surface area contributed by atoms with E-state index in [1.54, 1.807) is 35.1 Å². The zero-order valence-corrected chi connectivity index (χ0v) is 16.1. The van der Waals surface area contributed by atoms with Crippen LogP contribution in [0, 0.1) is 6.92 Å². The van der Waals surface area contributed by atoms with Crippen LogP contribution in [0.3, 0.4) is 0 Å². The van der Waals surface area contributed by atoms with E-state index in [0.717, 1.165) is 11.4 Å². The number of hydrogen-bond donors (Lipinski definition) is 3. The normalized spacial score (nSPS) is 10.6. The third-order valence-electron chi connectivity index (χ3n) is 4.08. The topological polar surface area (TPSA) is 88.1 Å². The van der Waals surface area contributed by atoms with Crippen LogP contribution in [-0.2, 0) is 0 Å². The van der Waals surface area contributed by atoms with Crippen LogP contribution < -0.4 is 16.0 Å². The van der Waals surface area contributed by atoms with E-state index in [1.165, 1.54) is 0 Å². The average Bonchev–Trinajstić information content (AvgIpc) is 3.05. The van der Waals surface area contributed by atoms with E-state index in [0.29, 0.717) is 16.9 Å². The van der Waals surface area contributed by atoms with Crippen molar-refractivity contribution in [3.05, 3.63) is 72.1 Å². The van der Waals surface area contributed by atoms with Crippen LogP contribution in [0.25, 0.3) is 5.69 Å². The molecule has 1 heterocycles. The van der Waals surface area contributed by atoms with Gasteiger partial charge in [-0.15, -0.1) is 0 Å². The van der Waals surface area contributed by atoms with E-state index >= 15 is 0 Å². The zero-order chi connectivity index (χ0) is 20.1. The lowest BCUT2D eigenvalue weighted by Crippen LogP contribution is -2.34. The summed E-state index contributed by atoms with van der Waals surface area (Å²) >= 11 is 0. The number of amides is 3. The number of anilines is 2. The molecule has 0 atom stereocenters. The fourth-order valence-electron chi connectivity index (χ4n) is 2.73. The number of aromatic nitrogens is 2. The third-order valence-corrected chi connectivity index (χ3v) is 4.08. The van der Waals surface area contributed by atoms with Crippen molar-refractivity contribution >= 4 is 23.3 Å². The first-order chi connectivity index (χ1) is 13.4. The van der Waals surface area contributed by atoms with Crippen molar-refractivity contribution in [2.75, 3.05) is 10.6 Å². The van der Waals surface area contributed by atoms with Crippen LogP contribution in [0.2, 0.25) is 0 Å². The van der Waals surface area contributed by atoms with Gasteiger partial charge < -0.3 is 16.0 Å². The minimum absolute atomic E-state index is 0.0543. The highest BCUT2D eigenvalue weighted by atomic mass is 16.2. The molecule has 0 spiro atoms. The van der Waals surface area contributed by atoms with Crippen molar-refractivity contribution in [3.63, 3.8) is 0 Å². The molecule has 3 amide bonds. The van der Waals surface area contributed by atoms with E-state index in [4.69, 9.17) is 0 Å². The van der Waals surface area contributed by atoms with Gasteiger partial charge in [-0.05, 0) is 57.2 Å². The van der Waals surface area contributed by atoms with Gasteiger partial charge in [0.25, 0.3) is 5.91 Å². The number of carbonyl (C=O) groups is 2. The average molecular weight is 377 g/mol. The predicted octanol–water partition coefficient (Wildman–Crippen LogP) is 3.96. The number of hydrogen-bond acceptors (Lipinski definition) is 3. The molecule has 2 aromatic carbocycles. The van der Waals surface area contributed by atoms with Crippen LogP contribution in [0.5, 0.6) is 0 Å². The number of rotatable bonds is 5. The summed E-state index contributed by atoms with van der Waals surface area (Å²) in [5, 5.41) is 12.7. The van der Waals surface area contributed by atoms with Crippen molar-refractivity contribution in [1.29, 1.82) is 0 Å². The lowest BCUT2D eigenvalue weighted by atomic mass is 10.2. The van der Waals surface area contributed by atoms with Crippen molar-refractivity contribution in [2.24, 2.45) is 0 Å². The number of para-hydroxylation sites is 1.